The van der Waals surface area contributed by atoms with Gasteiger partial charge in [-0.15, -0.1) is 11.3 Å². The number of nitrogens with zero attached hydrogens (tertiary/aromatic N) is 2. The fraction of sp³-hybridized carbons (Fsp3) is 0.286. The fourth-order valence-electron chi connectivity index (χ4n) is 1.69. The summed E-state index contributed by atoms with van der Waals surface area (Å²) in [5, 5.41) is 7.00. The second-order valence-electron chi connectivity index (χ2n) is 4.64. The Morgan fingerprint density at radius 3 is 2.82 bits per heavy atom. The number of ether oxygens (including phenoxy) is 2. The molecule has 1 heterocycles. The summed E-state index contributed by atoms with van der Waals surface area (Å²) in [6, 6.07) is 3.45. The van der Waals surface area contributed by atoms with Gasteiger partial charge in [-0.05, 0) is 19.9 Å². The van der Waals surface area contributed by atoms with Crippen molar-refractivity contribution in [3.63, 3.8) is 0 Å². The molecule has 3 N–H and O–H groups in total. The molecule has 0 amide bonds. The maximum Gasteiger partial charge on any atom is 0.205 e. The highest BCUT2D eigenvalue weighted by Crippen LogP contribution is 2.34. The Kier molecular flexibility index (Phi) is 5.46. The number of halogens is 1. The molecule has 0 unspecified atom stereocenters. The van der Waals surface area contributed by atoms with E-state index in [-0.39, 0.29) is 6.10 Å². The summed E-state index contributed by atoms with van der Waals surface area (Å²) in [6.45, 7) is 3.87. The number of anilines is 2. The summed E-state index contributed by atoms with van der Waals surface area (Å²) >= 11 is 7.46. The molecule has 0 aliphatic rings. The van der Waals surface area contributed by atoms with Gasteiger partial charge in [-0.2, -0.15) is 5.10 Å². The molecule has 2 aromatic rings. The van der Waals surface area contributed by atoms with Crippen LogP contribution in [0.5, 0.6) is 11.5 Å². The number of methoxy groups -OCH3 is 1. The van der Waals surface area contributed by atoms with Gasteiger partial charge >= 0.3 is 0 Å². The molecule has 0 saturated carbocycles. The number of thiazole rings is 1. The van der Waals surface area contributed by atoms with Gasteiger partial charge in [-0.25, -0.2) is 4.98 Å². The van der Waals surface area contributed by atoms with Gasteiger partial charge in [0.05, 0.1) is 19.4 Å². The van der Waals surface area contributed by atoms with Crippen LogP contribution in [0.2, 0.25) is 5.02 Å². The third-order valence-electron chi connectivity index (χ3n) is 2.51. The van der Waals surface area contributed by atoms with Crippen LogP contribution in [0, 0.1) is 0 Å². The van der Waals surface area contributed by atoms with Gasteiger partial charge in [-0.3, -0.25) is 5.43 Å². The van der Waals surface area contributed by atoms with E-state index in [1.807, 2.05) is 13.8 Å². The molecule has 0 aliphatic carbocycles. The van der Waals surface area contributed by atoms with Crippen LogP contribution in [0.4, 0.5) is 10.9 Å². The quantitative estimate of drug-likeness (QED) is 0.620. The van der Waals surface area contributed by atoms with E-state index in [2.05, 4.69) is 15.5 Å². The molecule has 22 heavy (non-hydrogen) atoms. The lowest BCUT2D eigenvalue weighted by molar-refractivity contribution is 0.230. The van der Waals surface area contributed by atoms with Gasteiger partial charge in [-0.1, -0.05) is 11.6 Å². The predicted molar refractivity (Wildman–Crippen MR) is 91.5 cm³/mol. The highest BCUT2D eigenvalue weighted by molar-refractivity contribution is 7.14. The Labute approximate surface area is 137 Å². The lowest BCUT2D eigenvalue weighted by Crippen LogP contribution is -2.09. The van der Waals surface area contributed by atoms with E-state index in [1.54, 1.807) is 30.8 Å². The van der Waals surface area contributed by atoms with Gasteiger partial charge in [0.1, 0.15) is 5.82 Å². The zero-order chi connectivity index (χ0) is 16.1. The molecule has 1 aromatic heterocycles. The van der Waals surface area contributed by atoms with Crippen LogP contribution >= 0.6 is 22.9 Å². The molecule has 118 valence electrons. The molecule has 0 radical (unpaired) electrons. The largest absolute Gasteiger partial charge is 0.493 e. The summed E-state index contributed by atoms with van der Waals surface area (Å²) < 4.78 is 11.1. The number of benzene rings is 1. The van der Waals surface area contributed by atoms with Crippen LogP contribution < -0.4 is 20.6 Å². The van der Waals surface area contributed by atoms with Crippen molar-refractivity contribution in [1.82, 2.24) is 4.98 Å². The highest BCUT2D eigenvalue weighted by Gasteiger charge is 2.13. The van der Waals surface area contributed by atoms with Gasteiger partial charge in [0, 0.05) is 22.0 Å². The average Bonchev–Trinajstić information content (AvgIpc) is 2.86. The maximum atomic E-state index is 6.09. The van der Waals surface area contributed by atoms with E-state index in [9.17, 15) is 0 Å². The Morgan fingerprint density at radius 1 is 1.45 bits per heavy atom. The summed E-state index contributed by atoms with van der Waals surface area (Å²) in [4.78, 5) is 4.05. The number of rotatable bonds is 6. The number of nitrogens with two attached hydrogens (primary N) is 1. The van der Waals surface area contributed by atoms with Crippen LogP contribution in [-0.4, -0.2) is 24.4 Å². The molecule has 0 aliphatic heterocycles. The summed E-state index contributed by atoms with van der Waals surface area (Å²) in [5.41, 5.74) is 9.06. The molecule has 8 heteroatoms. The Morgan fingerprint density at radius 2 is 2.23 bits per heavy atom. The number of nitrogens with one attached hydrogen (secondary N) is 1. The van der Waals surface area contributed by atoms with E-state index < -0.39 is 0 Å². The van der Waals surface area contributed by atoms with Gasteiger partial charge < -0.3 is 15.2 Å². The molecule has 0 saturated heterocycles. The maximum absolute atomic E-state index is 6.09. The standard InChI is InChI=1S/C14H17ClN4O2S/c1-8(2)21-13-9(4-10(15)5-11(13)20-3)6-17-19-14-18-12(16)7-22-14/h4-8H,16H2,1-3H3,(H,18,19). The highest BCUT2D eigenvalue weighted by atomic mass is 35.5. The van der Waals surface area contributed by atoms with Crippen molar-refractivity contribution < 1.29 is 9.47 Å². The first kappa shape index (κ1) is 16.4. The number of nitrogen functional groups attached to an aromatic ring is 1. The SMILES string of the molecule is COc1cc(Cl)cc(C=NNc2nc(N)cs2)c1OC(C)C. The first-order valence-corrected chi connectivity index (χ1v) is 7.79. The molecule has 0 bridgehead atoms. The molecule has 1 aromatic carbocycles. The van der Waals surface area contributed by atoms with E-state index >= 15 is 0 Å². The summed E-state index contributed by atoms with van der Waals surface area (Å²) in [6.07, 6.45) is 1.60. The number of hydrogen-bond donors (Lipinski definition) is 2. The van der Waals surface area contributed by atoms with Gasteiger partial charge in [0.2, 0.25) is 5.13 Å². The van der Waals surface area contributed by atoms with Crippen molar-refractivity contribution >= 4 is 40.1 Å². The minimum atomic E-state index is -0.00561. The van der Waals surface area contributed by atoms with Crippen molar-refractivity contribution in [2.24, 2.45) is 5.10 Å². The lowest BCUT2D eigenvalue weighted by Gasteiger charge is -2.16. The number of hydrogen-bond acceptors (Lipinski definition) is 7. The first-order chi connectivity index (χ1) is 10.5. The Balaban J connectivity index is 2.25. The van der Waals surface area contributed by atoms with Crippen LogP contribution in [0.1, 0.15) is 19.4 Å². The zero-order valence-electron chi connectivity index (χ0n) is 12.5. The van der Waals surface area contributed by atoms with Crippen LogP contribution in [0.25, 0.3) is 0 Å². The first-order valence-electron chi connectivity index (χ1n) is 6.54. The summed E-state index contributed by atoms with van der Waals surface area (Å²) in [5.74, 6) is 1.60. The molecule has 0 spiro atoms. The molecule has 6 nitrogen and oxygen atoms in total. The van der Waals surface area contributed by atoms with E-state index in [0.29, 0.717) is 33.0 Å². The van der Waals surface area contributed by atoms with Crippen molar-refractivity contribution in [3.8, 4) is 11.5 Å². The molecular weight excluding hydrogens is 324 g/mol. The smallest absolute Gasteiger partial charge is 0.205 e. The Bertz CT molecular complexity index is 673. The minimum absolute atomic E-state index is 0.00561. The molecule has 2 rings (SSSR count). The van der Waals surface area contributed by atoms with Gasteiger partial charge in [0.15, 0.2) is 11.5 Å². The third-order valence-corrected chi connectivity index (χ3v) is 3.49. The third kappa shape index (κ3) is 4.25. The minimum Gasteiger partial charge on any atom is -0.493 e. The zero-order valence-corrected chi connectivity index (χ0v) is 14.0. The van der Waals surface area contributed by atoms with E-state index in [0.717, 1.165) is 0 Å². The normalized spacial score (nSPS) is 11.1. The molecule has 0 fully saturated rings. The lowest BCUT2D eigenvalue weighted by atomic mass is 10.2. The van der Waals surface area contributed by atoms with Crippen molar-refractivity contribution in [2.45, 2.75) is 20.0 Å². The van der Waals surface area contributed by atoms with Crippen LogP contribution in [0.15, 0.2) is 22.6 Å². The average molecular weight is 341 g/mol. The predicted octanol–water partition coefficient (Wildman–Crippen LogP) is 3.62. The van der Waals surface area contributed by atoms with E-state index in [4.69, 9.17) is 26.8 Å². The van der Waals surface area contributed by atoms with Crippen LogP contribution in [-0.2, 0) is 0 Å². The van der Waals surface area contributed by atoms with Crippen LogP contribution in [0.3, 0.4) is 0 Å². The number of hydrazone groups is 1. The van der Waals surface area contributed by atoms with E-state index in [1.165, 1.54) is 11.3 Å². The number of aromatic nitrogens is 1. The monoisotopic (exact) mass is 340 g/mol. The van der Waals surface area contributed by atoms with Crippen molar-refractivity contribution in [3.05, 3.63) is 28.1 Å². The molecular formula is C14H17ClN4O2S. The Hall–Kier alpha value is -1.99. The second-order valence-corrected chi connectivity index (χ2v) is 5.94. The van der Waals surface area contributed by atoms with Crippen molar-refractivity contribution in [1.29, 1.82) is 0 Å². The fourth-order valence-corrected chi connectivity index (χ4v) is 2.46. The van der Waals surface area contributed by atoms with Gasteiger partial charge in [0.25, 0.3) is 0 Å². The van der Waals surface area contributed by atoms with Crippen molar-refractivity contribution in [2.75, 3.05) is 18.3 Å². The summed E-state index contributed by atoms with van der Waals surface area (Å²) in [7, 11) is 1.57. The second kappa shape index (κ2) is 7.33. The molecule has 0 atom stereocenters. The topological polar surface area (TPSA) is 81.8 Å².